The van der Waals surface area contributed by atoms with Gasteiger partial charge in [-0.15, -0.1) is 0 Å². The van der Waals surface area contributed by atoms with Crippen molar-refractivity contribution in [2.45, 2.75) is 40.7 Å². The van der Waals surface area contributed by atoms with E-state index in [2.05, 4.69) is 44.1 Å². The third-order valence-corrected chi connectivity index (χ3v) is 4.16. The quantitative estimate of drug-likeness (QED) is 0.641. The number of nitrogens with one attached hydrogen (secondary N) is 1. The number of allylic oxidation sites excluding steroid dienone is 2. The molecule has 1 aromatic rings. The molecule has 0 spiro atoms. The summed E-state index contributed by atoms with van der Waals surface area (Å²) in [5, 5.41) is 3.06. The van der Waals surface area contributed by atoms with Crippen molar-refractivity contribution in [1.82, 2.24) is 14.9 Å². The van der Waals surface area contributed by atoms with Gasteiger partial charge in [0.25, 0.3) is 0 Å². The lowest BCUT2D eigenvalue weighted by molar-refractivity contribution is -0.123. The first-order valence-corrected chi connectivity index (χ1v) is 7.31. The lowest BCUT2D eigenvalue weighted by atomic mass is 10.1. The Morgan fingerprint density at radius 1 is 1.45 bits per heavy atom. The van der Waals surface area contributed by atoms with Gasteiger partial charge in [0.2, 0.25) is 5.91 Å². The molecule has 0 aliphatic heterocycles. The highest BCUT2D eigenvalue weighted by molar-refractivity contribution is 5.83. The number of aromatic nitrogens is 2. The molecule has 1 saturated carbocycles. The Balaban J connectivity index is 1.74. The molecular weight excluding hydrogens is 250 g/mol. The minimum atomic E-state index is 0.103. The van der Waals surface area contributed by atoms with Crippen molar-refractivity contribution in [2.75, 3.05) is 6.54 Å². The molecule has 1 heterocycles. The molecule has 0 radical (unpaired) electrons. The van der Waals surface area contributed by atoms with E-state index in [1.807, 2.05) is 10.8 Å². The largest absolute Gasteiger partial charge is 0.356 e. The molecule has 20 heavy (non-hydrogen) atoms. The first kappa shape index (κ1) is 14.8. The summed E-state index contributed by atoms with van der Waals surface area (Å²) in [4.78, 5) is 16.2. The van der Waals surface area contributed by atoms with Crippen LogP contribution in [0, 0.1) is 17.3 Å². The molecule has 1 aliphatic carbocycles. The highest BCUT2D eigenvalue weighted by atomic mass is 16.2. The number of imidazole rings is 1. The molecule has 1 amide bonds. The third kappa shape index (κ3) is 3.30. The van der Waals surface area contributed by atoms with Crippen molar-refractivity contribution >= 4 is 5.91 Å². The van der Waals surface area contributed by atoms with Gasteiger partial charge in [0.05, 0.1) is 12.2 Å². The summed E-state index contributed by atoms with van der Waals surface area (Å²) in [7, 11) is 0. The van der Waals surface area contributed by atoms with Crippen LogP contribution in [0.1, 0.15) is 34.1 Å². The lowest BCUT2D eigenvalue weighted by Crippen LogP contribution is -2.28. The molecule has 0 saturated heterocycles. The minimum absolute atomic E-state index is 0.103. The summed E-state index contributed by atoms with van der Waals surface area (Å²) >= 11 is 0. The van der Waals surface area contributed by atoms with Crippen molar-refractivity contribution < 1.29 is 4.79 Å². The van der Waals surface area contributed by atoms with Crippen LogP contribution in [0.2, 0.25) is 0 Å². The number of carbonyl (C=O) groups is 1. The zero-order chi connectivity index (χ0) is 14.8. The Labute approximate surface area is 121 Å². The molecule has 1 fully saturated rings. The second kappa shape index (κ2) is 5.81. The van der Waals surface area contributed by atoms with Crippen LogP contribution in [0.15, 0.2) is 30.4 Å². The smallest absolute Gasteiger partial charge is 0.224 e. The molecule has 2 unspecified atom stereocenters. The number of nitrogens with zero attached hydrogens (tertiary/aromatic N) is 2. The molecule has 1 aromatic heterocycles. The van der Waals surface area contributed by atoms with Gasteiger partial charge >= 0.3 is 0 Å². The van der Waals surface area contributed by atoms with E-state index in [1.54, 1.807) is 12.5 Å². The van der Waals surface area contributed by atoms with E-state index in [0.717, 1.165) is 19.5 Å². The van der Waals surface area contributed by atoms with E-state index in [0.29, 0.717) is 5.92 Å². The molecule has 2 rings (SSSR count). The highest BCUT2D eigenvalue weighted by Crippen LogP contribution is 2.59. The zero-order valence-corrected chi connectivity index (χ0v) is 12.9. The van der Waals surface area contributed by atoms with Crippen molar-refractivity contribution in [1.29, 1.82) is 0 Å². The third-order valence-electron chi connectivity index (χ3n) is 4.16. The van der Waals surface area contributed by atoms with Crippen molar-refractivity contribution in [2.24, 2.45) is 17.3 Å². The SMILES string of the molecule is CC(C)=CC1C(C(=O)NCCCn2ccnc2)C1(C)C. The lowest BCUT2D eigenvalue weighted by Gasteiger charge is -2.06. The molecular formula is C16H25N3O. The number of aryl methyl sites for hydroxylation is 1. The number of hydrogen-bond donors (Lipinski definition) is 1. The van der Waals surface area contributed by atoms with E-state index in [-0.39, 0.29) is 17.2 Å². The summed E-state index contributed by atoms with van der Waals surface area (Å²) in [6.45, 7) is 10.2. The molecule has 0 aromatic carbocycles. The Kier molecular flexibility index (Phi) is 4.31. The van der Waals surface area contributed by atoms with Gasteiger partial charge in [0.1, 0.15) is 0 Å². The summed E-state index contributed by atoms with van der Waals surface area (Å²) in [6, 6.07) is 0. The molecule has 1 aliphatic rings. The van der Waals surface area contributed by atoms with Gasteiger partial charge in [-0.1, -0.05) is 25.5 Å². The van der Waals surface area contributed by atoms with Gasteiger partial charge in [-0.3, -0.25) is 4.79 Å². The first-order chi connectivity index (χ1) is 9.43. The van der Waals surface area contributed by atoms with Gasteiger partial charge in [0.15, 0.2) is 0 Å². The highest BCUT2D eigenvalue weighted by Gasteiger charge is 2.60. The van der Waals surface area contributed by atoms with Crippen LogP contribution in [-0.4, -0.2) is 22.0 Å². The van der Waals surface area contributed by atoms with Crippen LogP contribution < -0.4 is 5.32 Å². The number of hydrogen-bond acceptors (Lipinski definition) is 2. The molecule has 1 N–H and O–H groups in total. The Bertz CT molecular complexity index is 484. The maximum atomic E-state index is 12.2. The van der Waals surface area contributed by atoms with Crippen molar-refractivity contribution in [3.8, 4) is 0 Å². The monoisotopic (exact) mass is 275 g/mol. The van der Waals surface area contributed by atoms with Crippen molar-refractivity contribution in [3.63, 3.8) is 0 Å². The zero-order valence-electron chi connectivity index (χ0n) is 12.9. The Morgan fingerprint density at radius 3 is 2.80 bits per heavy atom. The fraction of sp³-hybridized carbons (Fsp3) is 0.625. The minimum Gasteiger partial charge on any atom is -0.356 e. The van der Waals surface area contributed by atoms with E-state index in [4.69, 9.17) is 0 Å². The van der Waals surface area contributed by atoms with Gasteiger partial charge < -0.3 is 9.88 Å². The predicted molar refractivity (Wildman–Crippen MR) is 80.0 cm³/mol. The molecule has 4 heteroatoms. The van der Waals surface area contributed by atoms with Crippen LogP contribution in [0.25, 0.3) is 0 Å². The maximum Gasteiger partial charge on any atom is 0.224 e. The Morgan fingerprint density at radius 2 is 2.20 bits per heavy atom. The second-order valence-electron chi connectivity index (χ2n) is 6.51. The van der Waals surface area contributed by atoms with Gasteiger partial charge in [-0.2, -0.15) is 0 Å². The normalized spacial score (nSPS) is 23.2. The summed E-state index contributed by atoms with van der Waals surface area (Å²) in [5.41, 5.74) is 1.39. The summed E-state index contributed by atoms with van der Waals surface area (Å²) in [5.74, 6) is 0.718. The molecule has 2 atom stereocenters. The van der Waals surface area contributed by atoms with Crippen LogP contribution in [0.5, 0.6) is 0 Å². The predicted octanol–water partition coefficient (Wildman–Crippen LogP) is 2.63. The van der Waals surface area contributed by atoms with Gasteiger partial charge in [0, 0.05) is 25.5 Å². The topological polar surface area (TPSA) is 46.9 Å². The average Bonchev–Trinajstić information content (AvgIpc) is 2.77. The number of carbonyl (C=O) groups excluding carboxylic acids is 1. The molecule has 0 bridgehead atoms. The van der Waals surface area contributed by atoms with E-state index < -0.39 is 0 Å². The number of rotatable bonds is 6. The fourth-order valence-corrected chi connectivity index (χ4v) is 2.85. The standard InChI is InChI=1S/C16H25N3O/c1-12(2)10-13-14(16(13,3)4)15(20)18-6-5-8-19-9-7-17-11-19/h7,9-11,13-14H,5-6,8H2,1-4H3,(H,18,20). The van der Waals surface area contributed by atoms with Crippen LogP contribution in [0.3, 0.4) is 0 Å². The van der Waals surface area contributed by atoms with Crippen LogP contribution >= 0.6 is 0 Å². The molecule has 4 nitrogen and oxygen atoms in total. The Hall–Kier alpha value is -1.58. The summed E-state index contributed by atoms with van der Waals surface area (Å²) < 4.78 is 2.03. The first-order valence-electron chi connectivity index (χ1n) is 7.31. The van der Waals surface area contributed by atoms with E-state index >= 15 is 0 Å². The van der Waals surface area contributed by atoms with Gasteiger partial charge in [-0.05, 0) is 31.6 Å². The van der Waals surface area contributed by atoms with Crippen LogP contribution in [-0.2, 0) is 11.3 Å². The van der Waals surface area contributed by atoms with E-state index in [1.165, 1.54) is 5.57 Å². The summed E-state index contributed by atoms with van der Waals surface area (Å²) in [6.07, 6.45) is 8.68. The van der Waals surface area contributed by atoms with Crippen LogP contribution in [0.4, 0.5) is 0 Å². The second-order valence-corrected chi connectivity index (χ2v) is 6.51. The van der Waals surface area contributed by atoms with Gasteiger partial charge in [-0.25, -0.2) is 4.98 Å². The van der Waals surface area contributed by atoms with Crippen molar-refractivity contribution in [3.05, 3.63) is 30.4 Å². The van der Waals surface area contributed by atoms with E-state index in [9.17, 15) is 4.79 Å². The number of amides is 1. The molecule has 110 valence electrons. The maximum absolute atomic E-state index is 12.2. The average molecular weight is 275 g/mol. The fourth-order valence-electron chi connectivity index (χ4n) is 2.85.